The minimum absolute atomic E-state index is 0.0130. The van der Waals surface area contributed by atoms with E-state index in [4.69, 9.17) is 4.74 Å². The highest BCUT2D eigenvalue weighted by atomic mass is 16.5. The number of ether oxygens (including phenoxy) is 1. The monoisotopic (exact) mass is 497 g/mol. The molecule has 0 spiro atoms. The maximum absolute atomic E-state index is 13.4. The second-order valence-electron chi connectivity index (χ2n) is 10.1. The van der Waals surface area contributed by atoms with Gasteiger partial charge in [-0.3, -0.25) is 14.5 Å². The van der Waals surface area contributed by atoms with E-state index in [1.54, 1.807) is 0 Å². The Labute approximate surface area is 219 Å². The molecule has 1 fully saturated rings. The summed E-state index contributed by atoms with van der Waals surface area (Å²) in [7, 11) is 0. The number of amides is 2. The van der Waals surface area contributed by atoms with Crippen LogP contribution in [0.1, 0.15) is 29.5 Å². The minimum Gasteiger partial charge on any atom is -0.492 e. The molecule has 2 aliphatic rings. The molecule has 0 bridgehead atoms. The van der Waals surface area contributed by atoms with Crippen molar-refractivity contribution in [2.24, 2.45) is 11.8 Å². The number of piperidine rings is 1. The van der Waals surface area contributed by atoms with Crippen molar-refractivity contribution in [3.05, 3.63) is 95.6 Å². The number of para-hydroxylation sites is 1. The van der Waals surface area contributed by atoms with Crippen molar-refractivity contribution in [3.63, 3.8) is 0 Å². The summed E-state index contributed by atoms with van der Waals surface area (Å²) in [6.45, 7) is 2.80. The number of anilines is 1. The zero-order valence-corrected chi connectivity index (χ0v) is 21.2. The van der Waals surface area contributed by atoms with Gasteiger partial charge in [0.2, 0.25) is 11.8 Å². The lowest BCUT2D eigenvalue weighted by Gasteiger charge is -2.36. The smallest absolute Gasteiger partial charge is 0.228 e. The van der Waals surface area contributed by atoms with Gasteiger partial charge in [0, 0.05) is 25.3 Å². The first-order valence-electron chi connectivity index (χ1n) is 13.3. The fourth-order valence-electron chi connectivity index (χ4n) is 5.44. The van der Waals surface area contributed by atoms with Gasteiger partial charge < -0.3 is 15.4 Å². The fraction of sp³-hybridized carbons (Fsp3) is 0.355. The van der Waals surface area contributed by atoms with E-state index in [-0.39, 0.29) is 23.7 Å². The number of likely N-dealkylation sites (tertiary alicyclic amines) is 1. The number of carbonyl (C=O) groups is 2. The molecule has 0 saturated carbocycles. The van der Waals surface area contributed by atoms with Crippen molar-refractivity contribution >= 4 is 17.5 Å². The molecule has 1 heterocycles. The number of hydrogen-bond acceptors (Lipinski definition) is 4. The number of benzene rings is 3. The SMILES string of the molecule is O=C(NCCOc1ccccc1)[C@H]1C[C@@H](C(=O)Nc2ccc3c(c2)CCC3)CN(Cc2ccccc2)C1. The van der Waals surface area contributed by atoms with E-state index in [9.17, 15) is 9.59 Å². The lowest BCUT2D eigenvalue weighted by Crippen LogP contribution is -2.49. The van der Waals surface area contributed by atoms with Crippen LogP contribution < -0.4 is 15.4 Å². The van der Waals surface area contributed by atoms with Crippen LogP contribution in [0, 0.1) is 11.8 Å². The number of carbonyl (C=O) groups excluding carboxylic acids is 2. The Bertz CT molecular complexity index is 1200. The van der Waals surface area contributed by atoms with Crippen LogP contribution in [-0.2, 0) is 29.0 Å². The first kappa shape index (κ1) is 25.0. The van der Waals surface area contributed by atoms with Crippen LogP contribution in [0.25, 0.3) is 0 Å². The lowest BCUT2D eigenvalue weighted by atomic mass is 9.87. The van der Waals surface area contributed by atoms with Crippen LogP contribution in [-0.4, -0.2) is 43.0 Å². The van der Waals surface area contributed by atoms with Crippen molar-refractivity contribution in [1.82, 2.24) is 10.2 Å². The molecule has 6 nitrogen and oxygen atoms in total. The third-order valence-electron chi connectivity index (χ3n) is 7.30. The summed E-state index contributed by atoms with van der Waals surface area (Å²) in [4.78, 5) is 28.7. The molecule has 3 aromatic carbocycles. The van der Waals surface area contributed by atoms with Crippen LogP contribution in [0.4, 0.5) is 5.69 Å². The number of nitrogens with one attached hydrogen (secondary N) is 2. The van der Waals surface area contributed by atoms with Crippen LogP contribution in [0.15, 0.2) is 78.9 Å². The molecule has 6 heteroatoms. The van der Waals surface area contributed by atoms with Gasteiger partial charge in [0.15, 0.2) is 0 Å². The molecule has 0 unspecified atom stereocenters. The molecule has 5 rings (SSSR count). The van der Waals surface area contributed by atoms with Gasteiger partial charge in [-0.1, -0.05) is 54.6 Å². The number of nitrogens with zero attached hydrogens (tertiary/aromatic N) is 1. The summed E-state index contributed by atoms with van der Waals surface area (Å²) in [6.07, 6.45) is 3.90. The number of aryl methyl sites for hydroxylation is 2. The van der Waals surface area contributed by atoms with Crippen LogP contribution in [0.3, 0.4) is 0 Å². The average molecular weight is 498 g/mol. The number of rotatable bonds is 9. The van der Waals surface area contributed by atoms with Crippen LogP contribution in [0.2, 0.25) is 0 Å². The third-order valence-corrected chi connectivity index (χ3v) is 7.30. The van der Waals surface area contributed by atoms with E-state index in [0.717, 1.165) is 24.3 Å². The van der Waals surface area contributed by atoms with E-state index in [2.05, 4.69) is 39.8 Å². The maximum Gasteiger partial charge on any atom is 0.228 e. The van der Waals surface area contributed by atoms with Crippen LogP contribution >= 0.6 is 0 Å². The largest absolute Gasteiger partial charge is 0.492 e. The molecule has 3 aromatic rings. The zero-order valence-electron chi connectivity index (χ0n) is 21.2. The average Bonchev–Trinajstić information content (AvgIpc) is 3.40. The van der Waals surface area contributed by atoms with Gasteiger partial charge in [0.25, 0.3) is 0 Å². The molecule has 2 amide bonds. The second kappa shape index (κ2) is 12.1. The summed E-state index contributed by atoms with van der Waals surface area (Å²) >= 11 is 0. The Balaban J connectivity index is 1.21. The Morgan fingerprint density at radius 2 is 1.54 bits per heavy atom. The third kappa shape index (κ3) is 6.77. The molecule has 37 heavy (non-hydrogen) atoms. The van der Waals surface area contributed by atoms with Gasteiger partial charge >= 0.3 is 0 Å². The summed E-state index contributed by atoms with van der Waals surface area (Å²) in [5.41, 5.74) is 4.75. The predicted octanol–water partition coefficient (Wildman–Crippen LogP) is 4.45. The Kier molecular flexibility index (Phi) is 8.16. The highest BCUT2D eigenvalue weighted by Crippen LogP contribution is 2.28. The molecule has 2 atom stereocenters. The Morgan fingerprint density at radius 1 is 0.838 bits per heavy atom. The van der Waals surface area contributed by atoms with Gasteiger partial charge in [0.1, 0.15) is 12.4 Å². The molecule has 1 aliphatic carbocycles. The second-order valence-corrected chi connectivity index (χ2v) is 10.1. The number of hydrogen-bond donors (Lipinski definition) is 2. The van der Waals surface area contributed by atoms with E-state index in [0.29, 0.717) is 39.2 Å². The summed E-state index contributed by atoms with van der Waals surface area (Å²) in [6, 6.07) is 26.0. The topological polar surface area (TPSA) is 70.7 Å². The van der Waals surface area contributed by atoms with Crippen molar-refractivity contribution in [3.8, 4) is 5.75 Å². The zero-order chi connectivity index (χ0) is 25.5. The molecule has 0 radical (unpaired) electrons. The highest BCUT2D eigenvalue weighted by molar-refractivity contribution is 5.93. The minimum atomic E-state index is -0.262. The van der Waals surface area contributed by atoms with E-state index in [1.807, 2.05) is 54.6 Å². The van der Waals surface area contributed by atoms with Crippen molar-refractivity contribution < 1.29 is 14.3 Å². The lowest BCUT2D eigenvalue weighted by molar-refractivity contribution is -0.130. The summed E-state index contributed by atoms with van der Waals surface area (Å²) in [5, 5.41) is 6.16. The Morgan fingerprint density at radius 3 is 2.32 bits per heavy atom. The Hall–Kier alpha value is -3.64. The first-order chi connectivity index (χ1) is 18.1. The molecular weight excluding hydrogens is 462 g/mol. The van der Waals surface area contributed by atoms with Crippen molar-refractivity contribution in [1.29, 1.82) is 0 Å². The summed E-state index contributed by atoms with van der Waals surface area (Å²) < 4.78 is 5.71. The van der Waals surface area contributed by atoms with Gasteiger partial charge in [-0.05, 0) is 66.6 Å². The molecule has 0 aromatic heterocycles. The standard InChI is InChI=1S/C31H35N3O3/c35-30(32-16-17-37-29-12-5-2-6-13-29)26-18-27(22-34(21-26)20-23-8-3-1-4-9-23)31(36)33-28-15-14-24-10-7-11-25(24)19-28/h1-6,8-9,12-15,19,26-27H,7,10-11,16-18,20-22H2,(H,32,35)(H,33,36)/t26-,27+/m0/s1. The molecule has 2 N–H and O–H groups in total. The first-order valence-corrected chi connectivity index (χ1v) is 13.3. The normalized spacial score (nSPS) is 19.1. The van der Waals surface area contributed by atoms with E-state index < -0.39 is 0 Å². The van der Waals surface area contributed by atoms with E-state index in [1.165, 1.54) is 23.1 Å². The molecule has 192 valence electrons. The number of fused-ring (bicyclic) bond motifs is 1. The van der Waals surface area contributed by atoms with Crippen molar-refractivity contribution in [2.75, 3.05) is 31.6 Å². The maximum atomic E-state index is 13.4. The van der Waals surface area contributed by atoms with E-state index >= 15 is 0 Å². The van der Waals surface area contributed by atoms with Gasteiger partial charge in [0.05, 0.1) is 18.4 Å². The summed E-state index contributed by atoms with van der Waals surface area (Å²) in [5.74, 6) is 0.226. The predicted molar refractivity (Wildman–Crippen MR) is 145 cm³/mol. The van der Waals surface area contributed by atoms with Gasteiger partial charge in [-0.25, -0.2) is 0 Å². The van der Waals surface area contributed by atoms with Crippen molar-refractivity contribution in [2.45, 2.75) is 32.2 Å². The molecular formula is C31H35N3O3. The van der Waals surface area contributed by atoms with Crippen LogP contribution in [0.5, 0.6) is 5.75 Å². The fourth-order valence-corrected chi connectivity index (χ4v) is 5.44. The van der Waals surface area contributed by atoms with Gasteiger partial charge in [-0.2, -0.15) is 0 Å². The molecule has 1 aliphatic heterocycles. The molecule has 1 saturated heterocycles. The van der Waals surface area contributed by atoms with Gasteiger partial charge in [-0.15, -0.1) is 0 Å². The quantitative estimate of drug-likeness (QED) is 0.429. The highest BCUT2D eigenvalue weighted by Gasteiger charge is 2.35.